The smallest absolute Gasteiger partial charge is 0.254 e. The summed E-state index contributed by atoms with van der Waals surface area (Å²) in [4.78, 5) is 25.7. The molecule has 0 aliphatic carbocycles. The Labute approximate surface area is 138 Å². The van der Waals surface area contributed by atoms with Gasteiger partial charge in [-0.05, 0) is 13.0 Å². The maximum atomic E-state index is 12.5. The zero-order chi connectivity index (χ0) is 17.3. The molecule has 1 N–H and O–H groups in total. The van der Waals surface area contributed by atoms with Gasteiger partial charge in [0, 0.05) is 31.4 Å². The van der Waals surface area contributed by atoms with E-state index >= 15 is 0 Å². The van der Waals surface area contributed by atoms with Gasteiger partial charge in [0.05, 0.1) is 25.5 Å². The summed E-state index contributed by atoms with van der Waals surface area (Å²) < 4.78 is 8.85. The van der Waals surface area contributed by atoms with E-state index in [1.807, 2.05) is 6.92 Å². The quantitative estimate of drug-likeness (QED) is 0.842. The first kappa shape index (κ1) is 16.3. The second kappa shape index (κ2) is 6.48. The van der Waals surface area contributed by atoms with Gasteiger partial charge in [0.25, 0.3) is 11.5 Å². The zero-order valence-electron chi connectivity index (χ0n) is 13.6. The van der Waals surface area contributed by atoms with Crippen LogP contribution in [-0.4, -0.2) is 55.6 Å². The predicted molar refractivity (Wildman–Crippen MR) is 85.9 cm³/mol. The normalized spacial score (nSPS) is 20.4. The average molecular weight is 332 g/mol. The summed E-state index contributed by atoms with van der Waals surface area (Å²) in [5, 5.41) is 14.3. The molecule has 0 bridgehead atoms. The van der Waals surface area contributed by atoms with Crippen molar-refractivity contribution in [3.8, 4) is 5.75 Å². The number of hydrogen-bond donors (Lipinski definition) is 1. The molecule has 0 saturated carbocycles. The standard InChI is InChI=1S/C16H20N4O4/c1-3-20-8-12(7-17-20)24-14-10-19(9-13(14)21)16(23)11-4-5-18(2)15(22)6-11/h4-8,13-14,21H,3,9-10H2,1-2H3/t13-,14-/m1/s1. The van der Waals surface area contributed by atoms with E-state index in [1.54, 1.807) is 36.4 Å². The molecule has 128 valence electrons. The lowest BCUT2D eigenvalue weighted by molar-refractivity contribution is 0.0729. The van der Waals surface area contributed by atoms with E-state index in [4.69, 9.17) is 4.74 Å². The molecule has 3 rings (SSSR count). The number of hydrogen-bond acceptors (Lipinski definition) is 5. The predicted octanol–water partition coefficient (Wildman–Crippen LogP) is -0.134. The number of likely N-dealkylation sites (tertiary alicyclic amines) is 1. The van der Waals surface area contributed by atoms with Crippen LogP contribution in [-0.2, 0) is 13.6 Å². The van der Waals surface area contributed by atoms with E-state index in [0.717, 1.165) is 6.54 Å². The minimum Gasteiger partial charge on any atom is -0.482 e. The second-order valence-electron chi connectivity index (χ2n) is 5.83. The van der Waals surface area contributed by atoms with Crippen molar-refractivity contribution < 1.29 is 14.6 Å². The summed E-state index contributed by atoms with van der Waals surface area (Å²) in [5.74, 6) is 0.269. The van der Waals surface area contributed by atoms with Gasteiger partial charge in [0.1, 0.15) is 12.2 Å². The highest BCUT2D eigenvalue weighted by Crippen LogP contribution is 2.20. The van der Waals surface area contributed by atoms with Gasteiger partial charge in [-0.15, -0.1) is 0 Å². The Morgan fingerprint density at radius 2 is 2.25 bits per heavy atom. The fraction of sp³-hybridized carbons (Fsp3) is 0.438. The first-order chi connectivity index (χ1) is 11.5. The Balaban J connectivity index is 1.69. The molecule has 1 amide bonds. The number of nitrogens with zero attached hydrogens (tertiary/aromatic N) is 4. The topological polar surface area (TPSA) is 89.6 Å². The monoisotopic (exact) mass is 332 g/mol. The van der Waals surface area contributed by atoms with E-state index in [0.29, 0.717) is 11.3 Å². The molecule has 3 heterocycles. The molecule has 8 nitrogen and oxygen atoms in total. The van der Waals surface area contributed by atoms with Gasteiger partial charge < -0.3 is 19.3 Å². The third-order valence-corrected chi connectivity index (χ3v) is 4.10. The average Bonchev–Trinajstić information content (AvgIpc) is 3.17. The number of aryl methyl sites for hydroxylation is 2. The van der Waals surface area contributed by atoms with Crippen LogP contribution in [0.25, 0.3) is 0 Å². The number of ether oxygens (including phenoxy) is 1. The number of aliphatic hydroxyl groups excluding tert-OH is 1. The lowest BCUT2D eigenvalue weighted by Gasteiger charge is -2.16. The highest BCUT2D eigenvalue weighted by molar-refractivity contribution is 5.94. The molecule has 1 aliphatic heterocycles. The summed E-state index contributed by atoms with van der Waals surface area (Å²) >= 11 is 0. The fourth-order valence-corrected chi connectivity index (χ4v) is 2.66. The van der Waals surface area contributed by atoms with Crippen LogP contribution in [0.2, 0.25) is 0 Å². The van der Waals surface area contributed by atoms with Crippen LogP contribution in [0.1, 0.15) is 17.3 Å². The Morgan fingerprint density at radius 1 is 1.46 bits per heavy atom. The van der Waals surface area contributed by atoms with Crippen LogP contribution >= 0.6 is 0 Å². The number of aliphatic hydroxyl groups is 1. The number of β-amino-alcohol motifs (C(OH)–C–C–N with tert-alkyl or cyclic N) is 1. The molecule has 2 atom stereocenters. The molecule has 1 aliphatic rings. The van der Waals surface area contributed by atoms with Gasteiger partial charge >= 0.3 is 0 Å². The molecule has 24 heavy (non-hydrogen) atoms. The Morgan fingerprint density at radius 3 is 2.92 bits per heavy atom. The molecule has 0 unspecified atom stereocenters. The lowest BCUT2D eigenvalue weighted by atomic mass is 10.2. The van der Waals surface area contributed by atoms with Crippen molar-refractivity contribution >= 4 is 5.91 Å². The van der Waals surface area contributed by atoms with E-state index in [-0.39, 0.29) is 24.6 Å². The number of aromatic nitrogens is 3. The highest BCUT2D eigenvalue weighted by Gasteiger charge is 2.36. The first-order valence-electron chi connectivity index (χ1n) is 7.81. The van der Waals surface area contributed by atoms with Crippen molar-refractivity contribution in [3.05, 3.63) is 46.6 Å². The SMILES string of the molecule is CCn1cc(O[C@@H]2CN(C(=O)c3ccn(C)c(=O)c3)C[C@H]2O)cn1. The Hall–Kier alpha value is -2.61. The summed E-state index contributed by atoms with van der Waals surface area (Å²) in [5.41, 5.74) is 0.0603. The molecule has 1 saturated heterocycles. The Bertz CT molecular complexity index is 797. The van der Waals surface area contributed by atoms with Crippen LogP contribution in [0.4, 0.5) is 0 Å². The largest absolute Gasteiger partial charge is 0.482 e. The van der Waals surface area contributed by atoms with E-state index in [2.05, 4.69) is 5.10 Å². The van der Waals surface area contributed by atoms with Crippen LogP contribution in [0.15, 0.2) is 35.5 Å². The summed E-state index contributed by atoms with van der Waals surface area (Å²) in [6.07, 6.45) is 3.58. The minimum absolute atomic E-state index is 0.167. The molecule has 1 fully saturated rings. The summed E-state index contributed by atoms with van der Waals surface area (Å²) in [7, 11) is 1.62. The molecule has 0 aromatic carbocycles. The van der Waals surface area contributed by atoms with Gasteiger partial charge in [0.15, 0.2) is 5.75 Å². The van der Waals surface area contributed by atoms with Gasteiger partial charge in [0.2, 0.25) is 0 Å². The van der Waals surface area contributed by atoms with Crippen molar-refractivity contribution in [2.24, 2.45) is 7.05 Å². The highest BCUT2D eigenvalue weighted by atomic mass is 16.5. The number of rotatable bonds is 4. The second-order valence-corrected chi connectivity index (χ2v) is 5.83. The van der Waals surface area contributed by atoms with Crippen molar-refractivity contribution in [1.29, 1.82) is 0 Å². The molecule has 8 heteroatoms. The van der Waals surface area contributed by atoms with Crippen molar-refractivity contribution in [1.82, 2.24) is 19.2 Å². The molecule has 0 radical (unpaired) electrons. The lowest BCUT2D eigenvalue weighted by Crippen LogP contribution is -2.32. The van der Waals surface area contributed by atoms with Crippen LogP contribution in [0.5, 0.6) is 5.75 Å². The van der Waals surface area contributed by atoms with Gasteiger partial charge in [-0.1, -0.05) is 0 Å². The fourth-order valence-electron chi connectivity index (χ4n) is 2.66. The first-order valence-corrected chi connectivity index (χ1v) is 7.81. The Kier molecular flexibility index (Phi) is 4.39. The molecule has 0 spiro atoms. The van der Waals surface area contributed by atoms with Crippen molar-refractivity contribution in [2.75, 3.05) is 13.1 Å². The number of carbonyl (C=O) groups is 1. The van der Waals surface area contributed by atoms with E-state index < -0.39 is 12.2 Å². The van der Waals surface area contributed by atoms with E-state index in [9.17, 15) is 14.7 Å². The van der Waals surface area contributed by atoms with Crippen molar-refractivity contribution in [2.45, 2.75) is 25.7 Å². The minimum atomic E-state index is -0.787. The van der Waals surface area contributed by atoms with Crippen LogP contribution in [0.3, 0.4) is 0 Å². The van der Waals surface area contributed by atoms with Gasteiger partial charge in [-0.25, -0.2) is 0 Å². The maximum Gasteiger partial charge on any atom is 0.254 e. The summed E-state index contributed by atoms with van der Waals surface area (Å²) in [6.45, 7) is 3.11. The van der Waals surface area contributed by atoms with Gasteiger partial charge in [-0.2, -0.15) is 5.10 Å². The van der Waals surface area contributed by atoms with Crippen LogP contribution in [0, 0.1) is 0 Å². The van der Waals surface area contributed by atoms with Crippen LogP contribution < -0.4 is 10.3 Å². The third-order valence-electron chi connectivity index (χ3n) is 4.10. The number of pyridine rings is 1. The molecule has 2 aromatic rings. The van der Waals surface area contributed by atoms with Crippen molar-refractivity contribution in [3.63, 3.8) is 0 Å². The summed E-state index contributed by atoms with van der Waals surface area (Å²) in [6, 6.07) is 2.89. The van der Waals surface area contributed by atoms with E-state index in [1.165, 1.54) is 15.5 Å². The maximum absolute atomic E-state index is 12.5. The molecule has 2 aromatic heterocycles. The molecular weight excluding hydrogens is 312 g/mol. The zero-order valence-corrected chi connectivity index (χ0v) is 13.6. The number of carbonyl (C=O) groups excluding carboxylic acids is 1. The molecular formula is C16H20N4O4. The third kappa shape index (κ3) is 3.18. The number of amides is 1. The van der Waals surface area contributed by atoms with Gasteiger partial charge in [-0.3, -0.25) is 14.3 Å².